The fraction of sp³-hybridized carbons (Fsp3) is 0.350. The second kappa shape index (κ2) is 6.21. The van der Waals surface area contributed by atoms with E-state index in [-0.39, 0.29) is 5.41 Å². The molecule has 0 amide bonds. The van der Waals surface area contributed by atoms with Crippen molar-refractivity contribution in [2.75, 3.05) is 5.73 Å². The van der Waals surface area contributed by atoms with Crippen molar-refractivity contribution >= 4 is 17.1 Å². The van der Waals surface area contributed by atoms with Crippen LogP contribution in [0, 0.1) is 18.3 Å². The van der Waals surface area contributed by atoms with Crippen molar-refractivity contribution in [3.63, 3.8) is 0 Å². The highest BCUT2D eigenvalue weighted by molar-refractivity contribution is 6.02. The van der Waals surface area contributed by atoms with Crippen molar-refractivity contribution in [1.82, 2.24) is 9.78 Å². The minimum Gasteiger partial charge on any atom is -0.383 e. The van der Waals surface area contributed by atoms with E-state index < -0.39 is 0 Å². The van der Waals surface area contributed by atoms with Gasteiger partial charge in [0.2, 0.25) is 0 Å². The second-order valence-corrected chi connectivity index (χ2v) is 6.82. The van der Waals surface area contributed by atoms with E-state index in [2.05, 4.69) is 41.3 Å². The van der Waals surface area contributed by atoms with E-state index in [0.29, 0.717) is 5.82 Å². The van der Waals surface area contributed by atoms with Crippen LogP contribution >= 0.6 is 0 Å². The summed E-state index contributed by atoms with van der Waals surface area (Å²) in [7, 11) is 1.81. The lowest BCUT2D eigenvalue weighted by molar-refractivity contribution is 0.779. The minimum absolute atomic E-state index is 0.243. The summed E-state index contributed by atoms with van der Waals surface area (Å²) in [6.45, 7) is 6.05. The molecule has 1 fully saturated rings. The molecule has 0 bridgehead atoms. The number of nitriles is 1. The predicted molar refractivity (Wildman–Crippen MR) is 101 cm³/mol. The van der Waals surface area contributed by atoms with Crippen LogP contribution in [0.4, 0.5) is 5.82 Å². The summed E-state index contributed by atoms with van der Waals surface area (Å²) in [4.78, 5) is 4.55. The molecule has 1 heterocycles. The summed E-state index contributed by atoms with van der Waals surface area (Å²) in [5, 5.41) is 13.5. The quantitative estimate of drug-likeness (QED) is 0.866. The zero-order chi connectivity index (χ0) is 18.2. The van der Waals surface area contributed by atoms with E-state index in [4.69, 9.17) is 5.73 Å². The number of aryl methyl sites for hydroxylation is 2. The molecule has 2 aromatic rings. The molecule has 0 spiro atoms. The molecule has 1 saturated carbocycles. The van der Waals surface area contributed by atoms with Crippen molar-refractivity contribution in [2.24, 2.45) is 12.0 Å². The lowest BCUT2D eigenvalue weighted by Gasteiger charge is -2.11. The Morgan fingerprint density at radius 2 is 2.08 bits per heavy atom. The standard InChI is InChI=1S/C20H23N5/c1-13-9-16(20(12-21)7-8-20)5-6-17(13)14(2)10-23-15(3)18-11-24-25(4)19(18)22/h5-6,9-11H,7-8,22H2,1-4H3/b14-10+,23-15+. The zero-order valence-electron chi connectivity index (χ0n) is 15.2. The molecule has 0 unspecified atom stereocenters. The number of aromatic nitrogens is 2. The summed E-state index contributed by atoms with van der Waals surface area (Å²) >= 11 is 0. The Morgan fingerprint density at radius 1 is 1.36 bits per heavy atom. The van der Waals surface area contributed by atoms with Crippen molar-refractivity contribution < 1.29 is 0 Å². The summed E-state index contributed by atoms with van der Waals surface area (Å²) in [6.07, 6.45) is 5.52. The molecule has 0 saturated heterocycles. The summed E-state index contributed by atoms with van der Waals surface area (Å²) in [5.74, 6) is 0.610. The van der Waals surface area contributed by atoms with Crippen LogP contribution in [0.5, 0.6) is 0 Å². The summed E-state index contributed by atoms with van der Waals surface area (Å²) in [6, 6.07) is 8.76. The Labute approximate surface area is 148 Å². The number of nitrogens with two attached hydrogens (primary N) is 1. The van der Waals surface area contributed by atoms with Crippen LogP contribution in [0.3, 0.4) is 0 Å². The van der Waals surface area contributed by atoms with Crippen molar-refractivity contribution in [1.29, 1.82) is 5.26 Å². The average molecular weight is 333 g/mol. The van der Waals surface area contributed by atoms with Crippen molar-refractivity contribution in [3.05, 3.63) is 52.8 Å². The molecule has 5 heteroatoms. The molecule has 2 N–H and O–H groups in total. The van der Waals surface area contributed by atoms with Gasteiger partial charge in [0.1, 0.15) is 5.82 Å². The van der Waals surface area contributed by atoms with Crippen LogP contribution in [0.15, 0.2) is 35.6 Å². The molecule has 1 aliphatic rings. The molecule has 0 aliphatic heterocycles. The average Bonchev–Trinajstić information content (AvgIpc) is 3.33. The highest BCUT2D eigenvalue weighted by Crippen LogP contribution is 2.48. The van der Waals surface area contributed by atoms with Gasteiger partial charge in [0.15, 0.2) is 0 Å². The topological polar surface area (TPSA) is 80.0 Å². The number of aliphatic imine (C=N–C) groups is 1. The van der Waals surface area contributed by atoms with E-state index in [1.807, 2.05) is 27.1 Å². The monoisotopic (exact) mass is 333 g/mol. The molecule has 0 atom stereocenters. The molecule has 128 valence electrons. The van der Waals surface area contributed by atoms with Crippen molar-refractivity contribution in [2.45, 2.75) is 39.0 Å². The van der Waals surface area contributed by atoms with Crippen LogP contribution in [-0.2, 0) is 12.5 Å². The maximum absolute atomic E-state index is 9.36. The maximum atomic E-state index is 9.36. The number of allylic oxidation sites excluding steroid dienone is 1. The normalized spacial score (nSPS) is 16.6. The summed E-state index contributed by atoms with van der Waals surface area (Å²) < 4.78 is 1.64. The van der Waals surface area contributed by atoms with E-state index in [1.165, 1.54) is 5.56 Å². The molecule has 0 radical (unpaired) electrons. The van der Waals surface area contributed by atoms with Gasteiger partial charge in [-0.25, -0.2) is 0 Å². The Morgan fingerprint density at radius 3 is 2.60 bits per heavy atom. The summed E-state index contributed by atoms with van der Waals surface area (Å²) in [5.41, 5.74) is 12.0. The number of hydrogen-bond donors (Lipinski definition) is 1. The van der Waals surface area contributed by atoms with Crippen LogP contribution in [0.2, 0.25) is 0 Å². The smallest absolute Gasteiger partial charge is 0.130 e. The Hall–Kier alpha value is -2.87. The van der Waals surface area contributed by atoms with Gasteiger partial charge in [0.25, 0.3) is 0 Å². The predicted octanol–water partition coefficient (Wildman–Crippen LogP) is 3.74. The Kier molecular flexibility index (Phi) is 4.22. The van der Waals surface area contributed by atoms with Crippen LogP contribution in [-0.4, -0.2) is 15.5 Å². The van der Waals surface area contributed by atoms with Gasteiger partial charge in [0, 0.05) is 19.0 Å². The van der Waals surface area contributed by atoms with Gasteiger partial charge in [0.05, 0.1) is 23.2 Å². The molecule has 1 aromatic carbocycles. The van der Waals surface area contributed by atoms with Gasteiger partial charge >= 0.3 is 0 Å². The molecular formula is C20H23N5. The van der Waals surface area contributed by atoms with E-state index in [0.717, 1.165) is 40.8 Å². The number of nitrogen functional groups attached to an aromatic ring is 1. The van der Waals surface area contributed by atoms with Gasteiger partial charge in [-0.2, -0.15) is 10.4 Å². The molecule has 1 aromatic heterocycles. The number of benzene rings is 1. The number of rotatable bonds is 4. The van der Waals surface area contributed by atoms with Gasteiger partial charge in [-0.3, -0.25) is 9.67 Å². The number of hydrogen-bond acceptors (Lipinski definition) is 4. The first-order chi connectivity index (χ1) is 11.9. The third-order valence-corrected chi connectivity index (χ3v) is 4.99. The fourth-order valence-corrected chi connectivity index (χ4v) is 3.05. The molecular weight excluding hydrogens is 310 g/mol. The van der Waals surface area contributed by atoms with Gasteiger partial charge in [-0.15, -0.1) is 0 Å². The van der Waals surface area contributed by atoms with Gasteiger partial charge in [-0.1, -0.05) is 18.2 Å². The maximum Gasteiger partial charge on any atom is 0.130 e. The first-order valence-electron chi connectivity index (χ1n) is 8.40. The molecule has 5 nitrogen and oxygen atoms in total. The first kappa shape index (κ1) is 17.0. The van der Waals surface area contributed by atoms with Crippen LogP contribution < -0.4 is 5.73 Å². The minimum atomic E-state index is -0.243. The van der Waals surface area contributed by atoms with E-state index in [1.54, 1.807) is 10.9 Å². The highest BCUT2D eigenvalue weighted by Gasteiger charge is 2.44. The van der Waals surface area contributed by atoms with Crippen LogP contribution in [0.25, 0.3) is 5.57 Å². The van der Waals surface area contributed by atoms with Crippen molar-refractivity contribution in [3.8, 4) is 6.07 Å². The number of nitrogens with zero attached hydrogens (tertiary/aromatic N) is 4. The van der Waals surface area contributed by atoms with E-state index in [9.17, 15) is 5.26 Å². The Bertz CT molecular complexity index is 920. The Balaban J connectivity index is 1.87. The zero-order valence-corrected chi connectivity index (χ0v) is 15.2. The second-order valence-electron chi connectivity index (χ2n) is 6.82. The van der Waals surface area contributed by atoms with E-state index >= 15 is 0 Å². The molecule has 3 rings (SSSR count). The van der Waals surface area contributed by atoms with Gasteiger partial charge < -0.3 is 5.73 Å². The number of anilines is 1. The SMILES string of the molecule is C/C(=C\N=C(/C)c1cnn(C)c1N)c1ccc(C2(C#N)CC2)cc1C. The lowest BCUT2D eigenvalue weighted by Crippen LogP contribution is -2.03. The fourth-order valence-electron chi connectivity index (χ4n) is 3.05. The lowest BCUT2D eigenvalue weighted by atomic mass is 9.92. The molecule has 25 heavy (non-hydrogen) atoms. The largest absolute Gasteiger partial charge is 0.383 e. The first-order valence-corrected chi connectivity index (χ1v) is 8.40. The van der Waals surface area contributed by atoms with Gasteiger partial charge in [-0.05, 0) is 55.9 Å². The third kappa shape index (κ3) is 3.08. The third-order valence-electron chi connectivity index (χ3n) is 4.99. The molecule has 1 aliphatic carbocycles. The van der Waals surface area contributed by atoms with Crippen LogP contribution in [0.1, 0.15) is 48.9 Å². The highest BCUT2D eigenvalue weighted by atomic mass is 15.3.